The van der Waals surface area contributed by atoms with E-state index in [0.717, 1.165) is 6.42 Å². The number of ether oxygens (including phenoxy) is 2. The minimum Gasteiger partial charge on any atom is -0.478 e. The zero-order valence-electron chi connectivity index (χ0n) is 16.8. The highest BCUT2D eigenvalue weighted by Crippen LogP contribution is 2.63. The SMILES string of the molecule is COC(=O)C(=CC1=C(C(=O)O)[C@@]23CCCC(C)(C)[C@@H]2[C@H](OC3=O)C1=O)C(C)C. The molecular weight excluding hydrogens is 364 g/mol. The molecule has 28 heavy (non-hydrogen) atoms. The van der Waals surface area contributed by atoms with Crippen molar-refractivity contribution >= 4 is 23.7 Å². The standard InChI is InChI=1S/C21H26O7/c1-10(2)11(18(25)27-5)9-12-13(17(23)24)21-8-6-7-20(3,4)16(21)15(14(12)22)28-19(21)26/h9-10,15-16H,6-8H2,1-5H3,(H,23,24)/t15-,16+,21+/m1/s1. The molecule has 3 rings (SSSR count). The number of hydrogen-bond donors (Lipinski definition) is 1. The van der Waals surface area contributed by atoms with E-state index in [0.29, 0.717) is 12.8 Å². The van der Waals surface area contributed by atoms with Crippen molar-refractivity contribution in [3.63, 3.8) is 0 Å². The molecule has 0 spiro atoms. The van der Waals surface area contributed by atoms with Gasteiger partial charge in [-0.15, -0.1) is 0 Å². The van der Waals surface area contributed by atoms with Crippen LogP contribution in [0.1, 0.15) is 47.0 Å². The van der Waals surface area contributed by atoms with Crippen LogP contribution in [0.25, 0.3) is 0 Å². The maximum absolute atomic E-state index is 13.3. The van der Waals surface area contributed by atoms with Gasteiger partial charge in [0, 0.05) is 17.1 Å². The van der Waals surface area contributed by atoms with E-state index in [1.54, 1.807) is 13.8 Å². The van der Waals surface area contributed by atoms with Crippen molar-refractivity contribution < 1.29 is 33.8 Å². The van der Waals surface area contributed by atoms with E-state index in [1.807, 2.05) is 13.8 Å². The normalized spacial score (nSPS) is 31.6. The Kier molecular flexibility index (Phi) is 4.76. The fraction of sp³-hybridized carbons (Fsp3) is 0.619. The van der Waals surface area contributed by atoms with E-state index < -0.39 is 46.5 Å². The molecule has 0 amide bonds. The predicted octanol–water partition coefficient (Wildman–Crippen LogP) is 2.44. The van der Waals surface area contributed by atoms with Gasteiger partial charge in [-0.25, -0.2) is 9.59 Å². The second kappa shape index (κ2) is 6.57. The van der Waals surface area contributed by atoms with Gasteiger partial charge in [0.15, 0.2) is 6.10 Å². The van der Waals surface area contributed by atoms with Gasteiger partial charge in [-0.3, -0.25) is 9.59 Å². The van der Waals surface area contributed by atoms with E-state index in [9.17, 15) is 24.3 Å². The summed E-state index contributed by atoms with van der Waals surface area (Å²) in [5, 5.41) is 10.1. The maximum atomic E-state index is 13.3. The summed E-state index contributed by atoms with van der Waals surface area (Å²) < 4.78 is 10.3. The third kappa shape index (κ3) is 2.63. The second-order valence-corrected chi connectivity index (χ2v) is 8.82. The van der Waals surface area contributed by atoms with Crippen molar-refractivity contribution in [1.29, 1.82) is 0 Å². The molecule has 0 aromatic rings. The summed E-state index contributed by atoms with van der Waals surface area (Å²) in [7, 11) is 1.22. The Labute approximate surface area is 163 Å². The van der Waals surface area contributed by atoms with Crippen molar-refractivity contribution in [2.24, 2.45) is 22.7 Å². The Morgan fingerprint density at radius 1 is 1.25 bits per heavy atom. The molecule has 1 N–H and O–H groups in total. The first-order chi connectivity index (χ1) is 13.0. The highest BCUT2D eigenvalue weighted by Gasteiger charge is 2.71. The smallest absolute Gasteiger partial charge is 0.334 e. The topological polar surface area (TPSA) is 107 Å². The molecule has 1 saturated carbocycles. The minimum atomic E-state index is -1.36. The lowest BCUT2D eigenvalue weighted by molar-refractivity contribution is -0.151. The van der Waals surface area contributed by atoms with Crippen molar-refractivity contribution in [3.05, 3.63) is 22.8 Å². The Hall–Kier alpha value is -2.44. The first-order valence-corrected chi connectivity index (χ1v) is 9.52. The van der Waals surface area contributed by atoms with Crippen LogP contribution in [-0.4, -0.2) is 42.0 Å². The van der Waals surface area contributed by atoms with Crippen LogP contribution in [0.15, 0.2) is 22.8 Å². The summed E-state index contributed by atoms with van der Waals surface area (Å²) in [6.45, 7) is 7.39. The summed E-state index contributed by atoms with van der Waals surface area (Å²) >= 11 is 0. The number of carbonyl (C=O) groups is 4. The number of methoxy groups -OCH3 is 1. The molecule has 2 bridgehead atoms. The van der Waals surface area contributed by atoms with Gasteiger partial charge in [-0.1, -0.05) is 34.1 Å². The van der Waals surface area contributed by atoms with Gasteiger partial charge in [0.1, 0.15) is 5.41 Å². The first kappa shape index (κ1) is 20.3. The van der Waals surface area contributed by atoms with E-state index >= 15 is 0 Å². The summed E-state index contributed by atoms with van der Waals surface area (Å²) in [4.78, 5) is 50.7. The number of rotatable bonds is 4. The van der Waals surface area contributed by atoms with E-state index in [4.69, 9.17) is 9.47 Å². The Bertz CT molecular complexity index is 830. The van der Waals surface area contributed by atoms with E-state index in [1.165, 1.54) is 13.2 Å². The molecule has 152 valence electrons. The van der Waals surface area contributed by atoms with Gasteiger partial charge in [0.25, 0.3) is 0 Å². The summed E-state index contributed by atoms with van der Waals surface area (Å²) in [5.74, 6) is -3.99. The maximum Gasteiger partial charge on any atom is 0.334 e. The molecule has 2 fully saturated rings. The zero-order chi connectivity index (χ0) is 21.0. The lowest BCUT2D eigenvalue weighted by Gasteiger charge is -2.49. The first-order valence-electron chi connectivity index (χ1n) is 9.52. The van der Waals surface area contributed by atoms with Crippen LogP contribution in [0.2, 0.25) is 0 Å². The fourth-order valence-electron chi connectivity index (χ4n) is 5.27. The summed E-state index contributed by atoms with van der Waals surface area (Å²) in [6, 6.07) is 0. The van der Waals surface area contributed by atoms with Crippen LogP contribution < -0.4 is 0 Å². The van der Waals surface area contributed by atoms with Crippen LogP contribution in [0.5, 0.6) is 0 Å². The molecule has 0 unspecified atom stereocenters. The van der Waals surface area contributed by atoms with Crippen molar-refractivity contribution in [2.75, 3.05) is 7.11 Å². The lowest BCUT2D eigenvalue weighted by atomic mass is 9.49. The number of carbonyl (C=O) groups excluding carboxylic acids is 3. The quantitative estimate of drug-likeness (QED) is 0.580. The van der Waals surface area contributed by atoms with Crippen LogP contribution in [0, 0.1) is 22.7 Å². The van der Waals surface area contributed by atoms with Crippen molar-refractivity contribution in [3.8, 4) is 0 Å². The summed E-state index contributed by atoms with van der Waals surface area (Å²) in [5.41, 5.74) is -1.97. The molecule has 1 aliphatic heterocycles. The molecular formula is C21H26O7. The Morgan fingerprint density at radius 3 is 2.43 bits per heavy atom. The fourth-order valence-corrected chi connectivity index (χ4v) is 5.27. The van der Waals surface area contributed by atoms with Crippen LogP contribution in [-0.2, 0) is 28.7 Å². The lowest BCUT2D eigenvalue weighted by Crippen LogP contribution is -2.54. The molecule has 0 radical (unpaired) electrons. The number of aliphatic carboxylic acids is 1. The van der Waals surface area contributed by atoms with E-state index in [2.05, 4.69) is 0 Å². The highest BCUT2D eigenvalue weighted by atomic mass is 16.6. The van der Waals surface area contributed by atoms with Crippen LogP contribution in [0.4, 0.5) is 0 Å². The number of hydrogen-bond acceptors (Lipinski definition) is 6. The third-order valence-electron chi connectivity index (χ3n) is 6.46. The number of ketones is 1. The Balaban J connectivity index is 2.33. The van der Waals surface area contributed by atoms with Crippen molar-refractivity contribution in [1.82, 2.24) is 0 Å². The third-order valence-corrected chi connectivity index (χ3v) is 6.46. The molecule has 7 nitrogen and oxygen atoms in total. The van der Waals surface area contributed by atoms with Crippen molar-refractivity contribution in [2.45, 2.75) is 53.1 Å². The van der Waals surface area contributed by atoms with Gasteiger partial charge in [-0.2, -0.15) is 0 Å². The molecule has 0 aromatic carbocycles. The van der Waals surface area contributed by atoms with Crippen LogP contribution >= 0.6 is 0 Å². The molecule has 3 atom stereocenters. The molecule has 0 aromatic heterocycles. The van der Waals surface area contributed by atoms with Gasteiger partial charge < -0.3 is 14.6 Å². The molecule has 7 heteroatoms. The number of carboxylic acid groups (broad SMARTS) is 1. The summed E-state index contributed by atoms with van der Waals surface area (Å²) in [6.07, 6.45) is 2.01. The minimum absolute atomic E-state index is 0.119. The molecule has 1 heterocycles. The second-order valence-electron chi connectivity index (χ2n) is 8.82. The van der Waals surface area contributed by atoms with Gasteiger partial charge in [-0.05, 0) is 30.3 Å². The average molecular weight is 390 g/mol. The zero-order valence-corrected chi connectivity index (χ0v) is 16.8. The number of esters is 2. The molecule has 2 aliphatic carbocycles. The van der Waals surface area contributed by atoms with Gasteiger partial charge in [0.05, 0.1) is 12.7 Å². The number of allylic oxidation sites excluding steroid dienone is 1. The molecule has 3 aliphatic rings. The average Bonchev–Trinajstić information content (AvgIpc) is 2.86. The largest absolute Gasteiger partial charge is 0.478 e. The molecule has 1 saturated heterocycles. The highest BCUT2D eigenvalue weighted by molar-refractivity contribution is 6.16. The Morgan fingerprint density at radius 2 is 1.89 bits per heavy atom. The number of carboxylic acids is 1. The monoisotopic (exact) mass is 390 g/mol. The van der Waals surface area contributed by atoms with Gasteiger partial charge in [0.2, 0.25) is 5.78 Å². The van der Waals surface area contributed by atoms with Gasteiger partial charge >= 0.3 is 17.9 Å². The predicted molar refractivity (Wildman–Crippen MR) is 98.0 cm³/mol. The van der Waals surface area contributed by atoms with E-state index in [-0.39, 0.29) is 22.6 Å². The number of Topliss-reactive ketones (excluding diaryl/α,β-unsaturated/α-hetero) is 1. The van der Waals surface area contributed by atoms with Crippen LogP contribution in [0.3, 0.4) is 0 Å².